The first kappa shape index (κ1) is 8.28. The smallest absolute Gasteiger partial charge is 0.137 e. The molecule has 0 aliphatic heterocycles. The number of hydrogen-bond donors (Lipinski definition) is 0. The van der Waals surface area contributed by atoms with Crippen molar-refractivity contribution >= 4 is 5.78 Å². The predicted octanol–water partition coefficient (Wildman–Crippen LogP) is 2.65. The summed E-state index contributed by atoms with van der Waals surface area (Å²) < 4.78 is 0. The largest absolute Gasteiger partial charge is 0.299 e. The lowest BCUT2D eigenvalue weighted by Gasteiger charge is -2.24. The van der Waals surface area contributed by atoms with E-state index in [1.807, 2.05) is 0 Å². The van der Waals surface area contributed by atoms with Crippen molar-refractivity contribution in [1.82, 2.24) is 0 Å². The highest BCUT2D eigenvalue weighted by Gasteiger charge is 2.52. The molecule has 1 nitrogen and oxygen atoms in total. The Morgan fingerprint density at radius 1 is 1.33 bits per heavy atom. The van der Waals surface area contributed by atoms with Crippen molar-refractivity contribution in [3.8, 4) is 0 Å². The molecule has 0 unspecified atom stereocenters. The second-order valence-electron chi connectivity index (χ2n) is 5.32. The molecule has 0 aromatic heterocycles. The number of hydrogen-bond acceptors (Lipinski definition) is 1. The van der Waals surface area contributed by atoms with Gasteiger partial charge in [-0.15, -0.1) is 0 Å². The predicted molar refractivity (Wildman–Crippen MR) is 48.8 cm³/mol. The molecule has 0 N–H and O–H groups in total. The van der Waals surface area contributed by atoms with Gasteiger partial charge in [-0.05, 0) is 30.1 Å². The lowest BCUT2D eigenvalue weighted by molar-refractivity contribution is -0.122. The quantitative estimate of drug-likeness (QED) is 0.540. The molecular formula is C11H18O. The minimum atomic E-state index is 0.298. The third-order valence-electron chi connectivity index (χ3n) is 3.98. The van der Waals surface area contributed by atoms with Gasteiger partial charge in [0, 0.05) is 12.3 Å². The van der Waals surface area contributed by atoms with E-state index in [1.165, 1.54) is 12.8 Å². The summed E-state index contributed by atoms with van der Waals surface area (Å²) >= 11 is 0. The molecule has 2 rings (SSSR count). The highest BCUT2D eigenvalue weighted by Crippen LogP contribution is 2.54. The summed E-state index contributed by atoms with van der Waals surface area (Å²) in [6, 6.07) is 0. The Morgan fingerprint density at radius 2 is 2.00 bits per heavy atom. The molecule has 0 amide bonds. The van der Waals surface area contributed by atoms with Gasteiger partial charge in [0.1, 0.15) is 5.78 Å². The van der Waals surface area contributed by atoms with Crippen LogP contribution in [-0.4, -0.2) is 5.78 Å². The third-order valence-corrected chi connectivity index (χ3v) is 3.98. The maximum atomic E-state index is 11.7. The summed E-state index contributed by atoms with van der Waals surface area (Å²) in [4.78, 5) is 11.7. The standard InChI is InChI=1S/C11H18O/c1-7-4-5-8-10(7)9(12)6-11(8,2)3/h7-8,10H,4-6H2,1-3H3/t7-,8-,10+/m1/s1. The Hall–Kier alpha value is -0.330. The molecule has 0 saturated heterocycles. The molecule has 0 heterocycles. The maximum absolute atomic E-state index is 11.7. The first-order chi connectivity index (χ1) is 5.52. The van der Waals surface area contributed by atoms with Crippen molar-refractivity contribution in [3.63, 3.8) is 0 Å². The number of rotatable bonds is 0. The van der Waals surface area contributed by atoms with Crippen LogP contribution in [0.3, 0.4) is 0 Å². The van der Waals surface area contributed by atoms with Crippen LogP contribution in [0.15, 0.2) is 0 Å². The molecule has 0 spiro atoms. The fourth-order valence-electron chi connectivity index (χ4n) is 3.31. The van der Waals surface area contributed by atoms with Crippen molar-refractivity contribution in [2.75, 3.05) is 0 Å². The summed E-state index contributed by atoms with van der Waals surface area (Å²) in [5, 5.41) is 0. The number of ketones is 1. The Balaban J connectivity index is 2.29. The van der Waals surface area contributed by atoms with Gasteiger partial charge in [0.25, 0.3) is 0 Å². The Labute approximate surface area is 74.5 Å². The Morgan fingerprint density at radius 3 is 2.58 bits per heavy atom. The van der Waals surface area contributed by atoms with Gasteiger partial charge in [-0.3, -0.25) is 4.79 Å². The number of fused-ring (bicyclic) bond motifs is 1. The fraction of sp³-hybridized carbons (Fsp3) is 0.909. The van der Waals surface area contributed by atoms with Crippen molar-refractivity contribution < 1.29 is 4.79 Å². The molecule has 68 valence electrons. The monoisotopic (exact) mass is 166 g/mol. The van der Waals surface area contributed by atoms with Gasteiger partial charge in [0.2, 0.25) is 0 Å². The average molecular weight is 166 g/mol. The molecule has 0 aromatic rings. The molecule has 0 bridgehead atoms. The van der Waals surface area contributed by atoms with Crippen LogP contribution >= 0.6 is 0 Å². The SMILES string of the molecule is C[C@@H]1CC[C@@H]2[C@H]1C(=O)CC2(C)C. The van der Waals surface area contributed by atoms with Crippen molar-refractivity contribution in [2.45, 2.75) is 40.0 Å². The van der Waals surface area contributed by atoms with Crippen LogP contribution in [-0.2, 0) is 4.79 Å². The van der Waals surface area contributed by atoms with Gasteiger partial charge in [-0.1, -0.05) is 20.8 Å². The highest BCUT2D eigenvalue weighted by atomic mass is 16.1. The van der Waals surface area contributed by atoms with E-state index in [4.69, 9.17) is 0 Å². The minimum absolute atomic E-state index is 0.298. The average Bonchev–Trinajstić information content (AvgIpc) is 2.38. The summed E-state index contributed by atoms with van der Waals surface area (Å²) in [5.41, 5.74) is 0.298. The molecule has 2 saturated carbocycles. The van der Waals surface area contributed by atoms with Crippen molar-refractivity contribution in [1.29, 1.82) is 0 Å². The minimum Gasteiger partial charge on any atom is -0.299 e. The molecule has 1 heteroatoms. The molecule has 12 heavy (non-hydrogen) atoms. The second kappa shape index (κ2) is 2.34. The van der Waals surface area contributed by atoms with E-state index < -0.39 is 0 Å². The van der Waals surface area contributed by atoms with E-state index in [0.717, 1.165) is 6.42 Å². The highest BCUT2D eigenvalue weighted by molar-refractivity contribution is 5.85. The van der Waals surface area contributed by atoms with Gasteiger partial charge < -0.3 is 0 Å². The van der Waals surface area contributed by atoms with E-state index in [0.29, 0.717) is 29.0 Å². The van der Waals surface area contributed by atoms with E-state index in [2.05, 4.69) is 20.8 Å². The van der Waals surface area contributed by atoms with Crippen LogP contribution in [0.2, 0.25) is 0 Å². The number of carbonyl (C=O) groups is 1. The molecule has 2 fully saturated rings. The van der Waals surface area contributed by atoms with Gasteiger partial charge in [0.15, 0.2) is 0 Å². The van der Waals surface area contributed by atoms with E-state index in [9.17, 15) is 4.79 Å². The Bertz CT molecular complexity index is 217. The van der Waals surface area contributed by atoms with Crippen LogP contribution in [0, 0.1) is 23.2 Å². The van der Waals surface area contributed by atoms with Gasteiger partial charge in [0.05, 0.1) is 0 Å². The molecule has 2 aliphatic rings. The third kappa shape index (κ3) is 0.949. The summed E-state index contributed by atoms with van der Waals surface area (Å²) in [7, 11) is 0. The van der Waals surface area contributed by atoms with Crippen LogP contribution < -0.4 is 0 Å². The van der Waals surface area contributed by atoms with E-state index >= 15 is 0 Å². The first-order valence-electron chi connectivity index (χ1n) is 5.05. The molecule has 0 radical (unpaired) electrons. The van der Waals surface area contributed by atoms with Crippen LogP contribution in [0.4, 0.5) is 0 Å². The van der Waals surface area contributed by atoms with Gasteiger partial charge in [-0.25, -0.2) is 0 Å². The van der Waals surface area contributed by atoms with Crippen LogP contribution in [0.5, 0.6) is 0 Å². The second-order valence-corrected chi connectivity index (χ2v) is 5.32. The van der Waals surface area contributed by atoms with Crippen molar-refractivity contribution in [3.05, 3.63) is 0 Å². The zero-order valence-corrected chi connectivity index (χ0v) is 8.26. The number of carbonyl (C=O) groups excluding carboxylic acids is 1. The molecule has 2 aliphatic carbocycles. The zero-order chi connectivity index (χ0) is 8.93. The molecule has 0 aromatic carbocycles. The first-order valence-corrected chi connectivity index (χ1v) is 5.05. The molecular weight excluding hydrogens is 148 g/mol. The topological polar surface area (TPSA) is 17.1 Å². The number of Topliss-reactive ketones (excluding diaryl/α,β-unsaturated/α-hetero) is 1. The lowest BCUT2D eigenvalue weighted by atomic mass is 9.79. The van der Waals surface area contributed by atoms with E-state index in [1.54, 1.807) is 0 Å². The van der Waals surface area contributed by atoms with Gasteiger partial charge >= 0.3 is 0 Å². The lowest BCUT2D eigenvalue weighted by Crippen LogP contribution is -2.19. The Kier molecular flexibility index (Phi) is 1.61. The van der Waals surface area contributed by atoms with Gasteiger partial charge in [-0.2, -0.15) is 0 Å². The van der Waals surface area contributed by atoms with Crippen molar-refractivity contribution in [2.24, 2.45) is 23.2 Å². The summed E-state index contributed by atoms with van der Waals surface area (Å²) in [6.45, 7) is 6.76. The van der Waals surface area contributed by atoms with Crippen LogP contribution in [0.25, 0.3) is 0 Å². The molecule has 3 atom stereocenters. The summed E-state index contributed by atoms with van der Waals surface area (Å²) in [6.07, 6.45) is 3.38. The fourth-order valence-corrected chi connectivity index (χ4v) is 3.31. The van der Waals surface area contributed by atoms with E-state index in [-0.39, 0.29) is 0 Å². The maximum Gasteiger partial charge on any atom is 0.137 e. The summed E-state index contributed by atoms with van der Waals surface area (Å²) in [5.74, 6) is 2.30. The zero-order valence-electron chi connectivity index (χ0n) is 8.26. The van der Waals surface area contributed by atoms with Crippen LogP contribution in [0.1, 0.15) is 40.0 Å². The normalized spacial score (nSPS) is 44.9.